The molecule has 0 fully saturated rings. The minimum absolute atomic E-state index is 0.279. The van der Waals surface area contributed by atoms with Crippen LogP contribution in [0.25, 0.3) is 11.0 Å². The molecule has 120 valence electrons. The maximum atomic E-state index is 12.5. The van der Waals surface area contributed by atoms with Crippen LogP contribution in [-0.4, -0.2) is 15.5 Å². The van der Waals surface area contributed by atoms with Crippen molar-refractivity contribution in [2.24, 2.45) is 0 Å². The Morgan fingerprint density at radius 3 is 2.92 bits per heavy atom. The van der Waals surface area contributed by atoms with Gasteiger partial charge in [-0.25, -0.2) is 4.98 Å². The standard InChI is InChI=1S/C18H15BrN4O/c1-2-8-23-16-7-6-14(19)10-15(16)21-18(23)22-17(24)13-5-3-4-12(9-13)11-20/h3-7,9-10H,2,8H2,1H3,(H,21,22,24). The minimum Gasteiger partial charge on any atom is -0.310 e. The van der Waals surface area contributed by atoms with Crippen LogP contribution in [0.5, 0.6) is 0 Å². The lowest BCUT2D eigenvalue weighted by molar-refractivity contribution is 0.102. The molecule has 0 aliphatic rings. The zero-order chi connectivity index (χ0) is 17.1. The van der Waals surface area contributed by atoms with E-state index in [9.17, 15) is 4.79 Å². The van der Waals surface area contributed by atoms with E-state index in [4.69, 9.17) is 5.26 Å². The molecule has 0 bridgehead atoms. The quantitative estimate of drug-likeness (QED) is 0.729. The van der Waals surface area contributed by atoms with Crippen LogP contribution in [0.1, 0.15) is 29.3 Å². The summed E-state index contributed by atoms with van der Waals surface area (Å²) in [5, 5.41) is 11.8. The summed E-state index contributed by atoms with van der Waals surface area (Å²) in [6.45, 7) is 2.83. The number of fused-ring (bicyclic) bond motifs is 1. The van der Waals surface area contributed by atoms with Crippen molar-refractivity contribution in [1.29, 1.82) is 5.26 Å². The normalized spacial score (nSPS) is 10.5. The second kappa shape index (κ2) is 6.85. The van der Waals surface area contributed by atoms with E-state index in [1.807, 2.05) is 28.8 Å². The first-order valence-electron chi connectivity index (χ1n) is 7.59. The van der Waals surface area contributed by atoms with Crippen LogP contribution in [0.15, 0.2) is 46.9 Å². The monoisotopic (exact) mass is 382 g/mol. The number of nitrogens with zero attached hydrogens (tertiary/aromatic N) is 3. The molecule has 0 aliphatic carbocycles. The molecular weight excluding hydrogens is 368 g/mol. The van der Waals surface area contributed by atoms with E-state index in [0.717, 1.165) is 28.5 Å². The molecule has 6 heteroatoms. The van der Waals surface area contributed by atoms with Gasteiger partial charge in [-0.15, -0.1) is 0 Å². The summed E-state index contributed by atoms with van der Waals surface area (Å²) in [5.41, 5.74) is 2.68. The van der Waals surface area contributed by atoms with Crippen LogP contribution in [-0.2, 0) is 6.54 Å². The molecule has 1 heterocycles. The predicted molar refractivity (Wildman–Crippen MR) is 96.8 cm³/mol. The lowest BCUT2D eigenvalue weighted by atomic mass is 10.1. The van der Waals surface area contributed by atoms with Crippen LogP contribution >= 0.6 is 15.9 Å². The molecule has 0 radical (unpaired) electrons. The first kappa shape index (κ1) is 16.2. The number of halogens is 1. The lowest BCUT2D eigenvalue weighted by Gasteiger charge is -2.09. The molecule has 5 nitrogen and oxygen atoms in total. The van der Waals surface area contributed by atoms with Crippen molar-refractivity contribution in [1.82, 2.24) is 9.55 Å². The summed E-state index contributed by atoms with van der Waals surface area (Å²) in [7, 11) is 0. The van der Waals surface area contributed by atoms with Gasteiger partial charge in [0.1, 0.15) is 0 Å². The Balaban J connectivity index is 1.98. The molecular formula is C18H15BrN4O. The summed E-state index contributed by atoms with van der Waals surface area (Å²) in [6.07, 6.45) is 0.925. The topological polar surface area (TPSA) is 70.7 Å². The SMILES string of the molecule is CCCn1c(NC(=O)c2cccc(C#N)c2)nc2cc(Br)ccc21. The lowest BCUT2D eigenvalue weighted by Crippen LogP contribution is -2.16. The van der Waals surface area contributed by atoms with Gasteiger partial charge in [-0.1, -0.05) is 28.9 Å². The van der Waals surface area contributed by atoms with Crippen molar-refractivity contribution in [2.45, 2.75) is 19.9 Å². The number of hydrogen-bond donors (Lipinski definition) is 1. The van der Waals surface area contributed by atoms with Crippen molar-refractivity contribution in [3.05, 3.63) is 58.1 Å². The molecule has 0 saturated carbocycles. The number of imidazole rings is 1. The van der Waals surface area contributed by atoms with Crippen molar-refractivity contribution < 1.29 is 4.79 Å². The average molecular weight is 383 g/mol. The predicted octanol–water partition coefficient (Wildman–Crippen LogP) is 4.33. The van der Waals surface area contributed by atoms with Crippen molar-refractivity contribution in [2.75, 3.05) is 5.32 Å². The fourth-order valence-electron chi connectivity index (χ4n) is 2.55. The number of anilines is 1. The van der Waals surface area contributed by atoms with E-state index in [1.54, 1.807) is 24.3 Å². The molecule has 0 atom stereocenters. The highest BCUT2D eigenvalue weighted by molar-refractivity contribution is 9.10. The Kier molecular flexibility index (Phi) is 4.63. The third kappa shape index (κ3) is 3.17. The maximum Gasteiger partial charge on any atom is 0.258 e. The maximum absolute atomic E-state index is 12.5. The third-order valence-corrected chi connectivity index (χ3v) is 4.13. The van der Waals surface area contributed by atoms with Crippen LogP contribution in [0.3, 0.4) is 0 Å². The third-order valence-electron chi connectivity index (χ3n) is 3.64. The van der Waals surface area contributed by atoms with Crippen LogP contribution in [0.4, 0.5) is 5.95 Å². The van der Waals surface area contributed by atoms with Crippen molar-refractivity contribution in [3.63, 3.8) is 0 Å². The number of aromatic nitrogens is 2. The zero-order valence-electron chi connectivity index (χ0n) is 13.1. The van der Waals surface area contributed by atoms with E-state index >= 15 is 0 Å². The number of rotatable bonds is 4. The molecule has 2 aromatic carbocycles. The number of nitrogens with one attached hydrogen (secondary N) is 1. The number of hydrogen-bond acceptors (Lipinski definition) is 3. The fraction of sp³-hybridized carbons (Fsp3) is 0.167. The molecule has 0 aliphatic heterocycles. The number of amides is 1. The Morgan fingerprint density at radius 1 is 1.33 bits per heavy atom. The number of carbonyl (C=O) groups is 1. The highest BCUT2D eigenvalue weighted by atomic mass is 79.9. The van der Waals surface area contributed by atoms with Gasteiger partial charge >= 0.3 is 0 Å². The van der Waals surface area contributed by atoms with Crippen LogP contribution in [0.2, 0.25) is 0 Å². The van der Waals surface area contributed by atoms with Gasteiger partial charge in [-0.2, -0.15) is 5.26 Å². The number of aryl methyl sites for hydroxylation is 1. The van der Waals surface area contributed by atoms with E-state index in [2.05, 4.69) is 33.2 Å². The Labute approximate surface area is 148 Å². The molecule has 0 unspecified atom stereocenters. The molecule has 24 heavy (non-hydrogen) atoms. The number of benzene rings is 2. The van der Waals surface area contributed by atoms with Gasteiger partial charge in [0.05, 0.1) is 22.7 Å². The summed E-state index contributed by atoms with van der Waals surface area (Å²) < 4.78 is 2.93. The second-order valence-electron chi connectivity index (χ2n) is 5.37. The van der Waals surface area contributed by atoms with E-state index in [-0.39, 0.29) is 5.91 Å². The summed E-state index contributed by atoms with van der Waals surface area (Å²) >= 11 is 3.44. The van der Waals surface area contributed by atoms with Crippen molar-refractivity contribution in [3.8, 4) is 6.07 Å². The highest BCUT2D eigenvalue weighted by Crippen LogP contribution is 2.24. The Hall–Kier alpha value is -2.65. The molecule has 3 rings (SSSR count). The molecule has 1 aromatic heterocycles. The van der Waals surface area contributed by atoms with Gasteiger partial charge in [-0.3, -0.25) is 10.1 Å². The molecule has 0 saturated heterocycles. The van der Waals surface area contributed by atoms with E-state index in [1.165, 1.54) is 0 Å². The Bertz CT molecular complexity index is 955. The zero-order valence-corrected chi connectivity index (χ0v) is 14.7. The molecule has 1 N–H and O–H groups in total. The van der Waals surface area contributed by atoms with Crippen LogP contribution < -0.4 is 5.32 Å². The second-order valence-corrected chi connectivity index (χ2v) is 6.28. The first-order valence-corrected chi connectivity index (χ1v) is 8.39. The molecule has 0 spiro atoms. The molecule has 1 amide bonds. The van der Waals surface area contributed by atoms with E-state index < -0.39 is 0 Å². The minimum atomic E-state index is -0.279. The van der Waals surface area contributed by atoms with E-state index in [0.29, 0.717) is 17.1 Å². The summed E-state index contributed by atoms with van der Waals surface area (Å²) in [5.74, 6) is 0.233. The summed E-state index contributed by atoms with van der Waals surface area (Å²) in [4.78, 5) is 17.0. The largest absolute Gasteiger partial charge is 0.310 e. The fourth-order valence-corrected chi connectivity index (χ4v) is 2.90. The van der Waals surface area contributed by atoms with Gasteiger partial charge in [-0.05, 0) is 42.8 Å². The Morgan fingerprint density at radius 2 is 2.17 bits per heavy atom. The average Bonchev–Trinajstić information content (AvgIpc) is 2.91. The van der Waals surface area contributed by atoms with Gasteiger partial charge in [0.2, 0.25) is 5.95 Å². The first-order chi connectivity index (χ1) is 11.6. The van der Waals surface area contributed by atoms with Gasteiger partial charge < -0.3 is 4.57 Å². The summed E-state index contributed by atoms with van der Waals surface area (Å²) in [6, 6.07) is 14.5. The van der Waals surface area contributed by atoms with Gasteiger partial charge in [0.25, 0.3) is 5.91 Å². The van der Waals surface area contributed by atoms with Crippen molar-refractivity contribution >= 4 is 38.8 Å². The van der Waals surface area contributed by atoms with Gasteiger partial charge in [0.15, 0.2) is 0 Å². The smallest absolute Gasteiger partial charge is 0.258 e. The number of nitriles is 1. The molecule has 3 aromatic rings. The van der Waals surface area contributed by atoms with Gasteiger partial charge in [0, 0.05) is 16.6 Å². The number of carbonyl (C=O) groups excluding carboxylic acids is 1. The van der Waals surface area contributed by atoms with Crippen LogP contribution in [0, 0.1) is 11.3 Å². The highest BCUT2D eigenvalue weighted by Gasteiger charge is 2.14.